The zero-order valence-corrected chi connectivity index (χ0v) is 10.0. The van der Waals surface area contributed by atoms with Gasteiger partial charge in [-0.1, -0.05) is 6.92 Å². The first-order valence-corrected chi connectivity index (χ1v) is 5.88. The van der Waals surface area contributed by atoms with Crippen molar-refractivity contribution < 1.29 is 0 Å². The molecule has 86 valence electrons. The second-order valence-electron chi connectivity index (χ2n) is 3.89. The Morgan fingerprint density at radius 2 is 2.27 bits per heavy atom. The molecule has 0 amide bonds. The van der Waals surface area contributed by atoms with Crippen LogP contribution in [-0.2, 0) is 13.0 Å². The van der Waals surface area contributed by atoms with Crippen LogP contribution in [0.25, 0.3) is 0 Å². The predicted molar refractivity (Wildman–Crippen MR) is 61.8 cm³/mol. The van der Waals surface area contributed by atoms with Gasteiger partial charge in [0.15, 0.2) is 0 Å². The van der Waals surface area contributed by atoms with Gasteiger partial charge in [-0.25, -0.2) is 4.98 Å². The van der Waals surface area contributed by atoms with Gasteiger partial charge in [0.1, 0.15) is 12.2 Å². The van der Waals surface area contributed by atoms with Gasteiger partial charge in [-0.15, -0.1) is 0 Å². The van der Waals surface area contributed by atoms with Crippen LogP contribution >= 0.6 is 0 Å². The van der Waals surface area contributed by atoms with E-state index in [9.17, 15) is 0 Å². The highest BCUT2D eigenvalue weighted by molar-refractivity contribution is 4.85. The topological polar surface area (TPSA) is 42.7 Å². The molecule has 1 aromatic heterocycles. The van der Waals surface area contributed by atoms with Crippen molar-refractivity contribution in [3.05, 3.63) is 12.2 Å². The number of rotatable bonds is 7. The largest absolute Gasteiger partial charge is 0.314 e. The lowest BCUT2D eigenvalue weighted by Crippen LogP contribution is -2.27. The fraction of sp³-hybridized carbons (Fsp3) is 0.818. The van der Waals surface area contributed by atoms with E-state index in [1.54, 1.807) is 6.33 Å². The van der Waals surface area contributed by atoms with Gasteiger partial charge in [0.25, 0.3) is 0 Å². The van der Waals surface area contributed by atoms with Gasteiger partial charge in [0.2, 0.25) is 0 Å². The molecule has 0 aromatic carbocycles. The van der Waals surface area contributed by atoms with E-state index in [0.29, 0.717) is 6.04 Å². The first-order chi connectivity index (χ1) is 7.27. The van der Waals surface area contributed by atoms with Crippen molar-refractivity contribution in [3.63, 3.8) is 0 Å². The summed E-state index contributed by atoms with van der Waals surface area (Å²) in [5.74, 6) is 1.10. The first kappa shape index (κ1) is 12.2. The van der Waals surface area contributed by atoms with Crippen molar-refractivity contribution in [2.45, 2.75) is 52.6 Å². The summed E-state index contributed by atoms with van der Waals surface area (Å²) in [6, 6.07) is 0.562. The summed E-state index contributed by atoms with van der Waals surface area (Å²) >= 11 is 0. The van der Waals surface area contributed by atoms with Crippen molar-refractivity contribution in [2.75, 3.05) is 6.54 Å². The standard InChI is InChI=1S/C11H22N4/c1-4-8-12-10(3)6-7-11-13-9-14-15(11)5-2/h9-10,12H,4-8H2,1-3H3. The highest BCUT2D eigenvalue weighted by Gasteiger charge is 2.05. The van der Waals surface area contributed by atoms with Crippen molar-refractivity contribution in [2.24, 2.45) is 0 Å². The average molecular weight is 210 g/mol. The third kappa shape index (κ3) is 4.00. The van der Waals surface area contributed by atoms with Crippen LogP contribution in [0.3, 0.4) is 0 Å². The molecule has 1 rings (SSSR count). The summed E-state index contributed by atoms with van der Waals surface area (Å²) in [5.41, 5.74) is 0. The quantitative estimate of drug-likeness (QED) is 0.743. The summed E-state index contributed by atoms with van der Waals surface area (Å²) in [4.78, 5) is 4.26. The Balaban J connectivity index is 2.30. The summed E-state index contributed by atoms with van der Waals surface area (Å²) in [7, 11) is 0. The molecule has 0 spiro atoms. The number of nitrogens with zero attached hydrogens (tertiary/aromatic N) is 3. The lowest BCUT2D eigenvalue weighted by Gasteiger charge is -2.12. The van der Waals surface area contributed by atoms with Crippen LogP contribution in [-0.4, -0.2) is 27.4 Å². The third-order valence-corrected chi connectivity index (χ3v) is 2.54. The Bertz CT molecular complexity index is 269. The van der Waals surface area contributed by atoms with Crippen LogP contribution in [0.2, 0.25) is 0 Å². The zero-order valence-electron chi connectivity index (χ0n) is 10.0. The third-order valence-electron chi connectivity index (χ3n) is 2.54. The van der Waals surface area contributed by atoms with E-state index in [4.69, 9.17) is 0 Å². The zero-order chi connectivity index (χ0) is 11.1. The Morgan fingerprint density at radius 3 is 2.93 bits per heavy atom. The summed E-state index contributed by atoms with van der Waals surface area (Å²) in [5, 5.41) is 7.63. The number of nitrogens with one attached hydrogen (secondary N) is 1. The summed E-state index contributed by atoms with van der Waals surface area (Å²) in [6.45, 7) is 8.51. The highest BCUT2D eigenvalue weighted by atomic mass is 15.3. The summed E-state index contributed by atoms with van der Waals surface area (Å²) < 4.78 is 1.96. The van der Waals surface area contributed by atoms with Crippen molar-refractivity contribution in [1.29, 1.82) is 0 Å². The second-order valence-corrected chi connectivity index (χ2v) is 3.89. The van der Waals surface area contributed by atoms with Crippen LogP contribution in [0, 0.1) is 0 Å². The molecule has 0 aliphatic rings. The molecule has 1 N–H and O–H groups in total. The van der Waals surface area contributed by atoms with Crippen LogP contribution in [0.15, 0.2) is 6.33 Å². The molecule has 0 saturated carbocycles. The van der Waals surface area contributed by atoms with E-state index in [2.05, 4.69) is 36.2 Å². The minimum atomic E-state index is 0.562. The molecule has 0 radical (unpaired) electrons. The molecule has 0 aliphatic carbocycles. The molecule has 1 unspecified atom stereocenters. The minimum Gasteiger partial charge on any atom is -0.314 e. The Kier molecular flexibility index (Phi) is 5.32. The minimum absolute atomic E-state index is 0.562. The molecule has 1 atom stereocenters. The van der Waals surface area contributed by atoms with Crippen LogP contribution in [0.1, 0.15) is 39.4 Å². The molecular formula is C11H22N4. The van der Waals surface area contributed by atoms with E-state index in [1.807, 2.05) is 4.68 Å². The monoisotopic (exact) mass is 210 g/mol. The van der Waals surface area contributed by atoms with Crippen LogP contribution in [0.5, 0.6) is 0 Å². The molecule has 1 aromatic rings. The fourth-order valence-electron chi connectivity index (χ4n) is 1.58. The first-order valence-electron chi connectivity index (χ1n) is 5.88. The molecule has 0 fully saturated rings. The maximum absolute atomic E-state index is 4.26. The van der Waals surface area contributed by atoms with E-state index < -0.39 is 0 Å². The molecule has 1 heterocycles. The van der Waals surface area contributed by atoms with E-state index in [1.165, 1.54) is 6.42 Å². The van der Waals surface area contributed by atoms with Gasteiger partial charge < -0.3 is 5.32 Å². The van der Waals surface area contributed by atoms with E-state index in [-0.39, 0.29) is 0 Å². The molecule has 15 heavy (non-hydrogen) atoms. The molecule has 4 heteroatoms. The van der Waals surface area contributed by atoms with Gasteiger partial charge in [0, 0.05) is 19.0 Å². The Hall–Kier alpha value is -0.900. The number of aryl methyl sites for hydroxylation is 2. The molecule has 0 saturated heterocycles. The van der Waals surface area contributed by atoms with Gasteiger partial charge >= 0.3 is 0 Å². The molecule has 0 bridgehead atoms. The van der Waals surface area contributed by atoms with Crippen molar-refractivity contribution >= 4 is 0 Å². The maximum atomic E-state index is 4.26. The Morgan fingerprint density at radius 1 is 1.47 bits per heavy atom. The molecule has 4 nitrogen and oxygen atoms in total. The smallest absolute Gasteiger partial charge is 0.138 e. The highest BCUT2D eigenvalue weighted by Crippen LogP contribution is 2.01. The maximum Gasteiger partial charge on any atom is 0.138 e. The Labute approximate surface area is 92.1 Å². The fourth-order valence-corrected chi connectivity index (χ4v) is 1.58. The van der Waals surface area contributed by atoms with E-state index >= 15 is 0 Å². The SMILES string of the molecule is CCCNC(C)CCc1ncnn1CC. The second kappa shape index (κ2) is 6.56. The van der Waals surface area contributed by atoms with Gasteiger partial charge in [0.05, 0.1) is 0 Å². The van der Waals surface area contributed by atoms with Gasteiger partial charge in [-0.05, 0) is 33.2 Å². The van der Waals surface area contributed by atoms with Gasteiger partial charge in [-0.3, -0.25) is 4.68 Å². The normalized spacial score (nSPS) is 13.0. The van der Waals surface area contributed by atoms with Crippen molar-refractivity contribution in [3.8, 4) is 0 Å². The lowest BCUT2D eigenvalue weighted by molar-refractivity contribution is 0.497. The van der Waals surface area contributed by atoms with Gasteiger partial charge in [-0.2, -0.15) is 5.10 Å². The van der Waals surface area contributed by atoms with Crippen LogP contribution in [0.4, 0.5) is 0 Å². The number of aromatic nitrogens is 3. The molecule has 0 aliphatic heterocycles. The molecular weight excluding hydrogens is 188 g/mol. The average Bonchev–Trinajstić information content (AvgIpc) is 2.70. The van der Waals surface area contributed by atoms with Crippen molar-refractivity contribution in [1.82, 2.24) is 20.1 Å². The number of hydrogen-bond donors (Lipinski definition) is 1. The predicted octanol–water partition coefficient (Wildman–Crippen LogP) is 1.62. The van der Waals surface area contributed by atoms with Crippen LogP contribution < -0.4 is 5.32 Å². The van der Waals surface area contributed by atoms with E-state index in [0.717, 1.165) is 31.8 Å². The number of hydrogen-bond acceptors (Lipinski definition) is 3. The summed E-state index contributed by atoms with van der Waals surface area (Å²) in [6.07, 6.45) is 4.96. The lowest BCUT2D eigenvalue weighted by atomic mass is 10.1.